The summed E-state index contributed by atoms with van der Waals surface area (Å²) >= 11 is 0. The highest BCUT2D eigenvalue weighted by atomic mass is 16.5. The third kappa shape index (κ3) is 3.11. The highest BCUT2D eigenvalue weighted by molar-refractivity contribution is 4.94. The average Bonchev–Trinajstić information content (AvgIpc) is 2.81. The second-order valence-electron chi connectivity index (χ2n) is 3.92. The van der Waals surface area contributed by atoms with Crippen LogP contribution in [0.3, 0.4) is 0 Å². The Morgan fingerprint density at radius 3 is 2.67 bits per heavy atom. The zero-order valence-electron chi connectivity index (χ0n) is 8.36. The van der Waals surface area contributed by atoms with Crippen molar-refractivity contribution in [2.24, 2.45) is 5.41 Å². The summed E-state index contributed by atoms with van der Waals surface area (Å²) in [6.07, 6.45) is 5.58. The minimum atomic E-state index is 0.683. The van der Waals surface area contributed by atoms with Crippen molar-refractivity contribution >= 4 is 0 Å². The topological polar surface area (TPSA) is 21.3 Å². The van der Waals surface area contributed by atoms with Gasteiger partial charge in [-0.1, -0.05) is 13.3 Å². The fourth-order valence-electron chi connectivity index (χ4n) is 1.75. The number of rotatable bonds is 7. The van der Waals surface area contributed by atoms with Crippen molar-refractivity contribution < 1.29 is 4.74 Å². The van der Waals surface area contributed by atoms with Gasteiger partial charge in [0.25, 0.3) is 0 Å². The average molecular weight is 171 g/mol. The molecule has 1 fully saturated rings. The van der Waals surface area contributed by atoms with Crippen LogP contribution in [0.25, 0.3) is 0 Å². The second kappa shape index (κ2) is 4.83. The maximum absolute atomic E-state index is 4.97. The Labute approximate surface area is 75.7 Å². The normalized spacial score (nSPS) is 19.5. The minimum Gasteiger partial charge on any atom is -0.383 e. The molecule has 0 atom stereocenters. The molecule has 1 saturated carbocycles. The molecule has 0 aromatic rings. The molecule has 0 aromatic carbocycles. The number of nitrogens with one attached hydrogen (secondary N) is 1. The Balaban J connectivity index is 1.98. The second-order valence-corrected chi connectivity index (χ2v) is 3.92. The van der Waals surface area contributed by atoms with Gasteiger partial charge in [-0.25, -0.2) is 0 Å². The summed E-state index contributed by atoms with van der Waals surface area (Å²) < 4.78 is 4.97. The van der Waals surface area contributed by atoms with Gasteiger partial charge in [-0.05, 0) is 24.7 Å². The smallest absolute Gasteiger partial charge is 0.0587 e. The lowest BCUT2D eigenvalue weighted by Crippen LogP contribution is -2.27. The highest BCUT2D eigenvalue weighted by Crippen LogP contribution is 2.48. The van der Waals surface area contributed by atoms with Gasteiger partial charge in [0, 0.05) is 20.2 Å². The van der Waals surface area contributed by atoms with E-state index in [0.717, 1.165) is 13.2 Å². The molecule has 72 valence electrons. The van der Waals surface area contributed by atoms with Gasteiger partial charge in [0.2, 0.25) is 0 Å². The van der Waals surface area contributed by atoms with E-state index in [1.54, 1.807) is 7.11 Å². The van der Waals surface area contributed by atoms with Crippen molar-refractivity contribution in [3.63, 3.8) is 0 Å². The predicted molar refractivity (Wildman–Crippen MR) is 51.3 cm³/mol. The van der Waals surface area contributed by atoms with E-state index in [9.17, 15) is 0 Å². The Morgan fingerprint density at radius 2 is 2.17 bits per heavy atom. The molecule has 0 radical (unpaired) electrons. The van der Waals surface area contributed by atoms with Crippen molar-refractivity contribution in [1.29, 1.82) is 0 Å². The third-order valence-electron chi connectivity index (χ3n) is 2.72. The van der Waals surface area contributed by atoms with Crippen molar-refractivity contribution in [2.75, 3.05) is 26.8 Å². The fourth-order valence-corrected chi connectivity index (χ4v) is 1.75. The number of hydrogen-bond donors (Lipinski definition) is 1. The largest absolute Gasteiger partial charge is 0.383 e. The lowest BCUT2D eigenvalue weighted by Gasteiger charge is -2.14. The van der Waals surface area contributed by atoms with Crippen LogP contribution in [0.2, 0.25) is 0 Å². The first-order chi connectivity index (χ1) is 5.83. The molecule has 1 aliphatic rings. The van der Waals surface area contributed by atoms with E-state index in [0.29, 0.717) is 5.41 Å². The van der Waals surface area contributed by atoms with Crippen LogP contribution in [0, 0.1) is 5.41 Å². The van der Waals surface area contributed by atoms with Crippen LogP contribution in [-0.4, -0.2) is 26.8 Å². The number of methoxy groups -OCH3 is 1. The first-order valence-corrected chi connectivity index (χ1v) is 5.03. The lowest BCUT2D eigenvalue weighted by atomic mass is 10.0. The molecule has 0 heterocycles. The standard InChI is InChI=1S/C10H21NO/c1-3-4-10(5-6-10)9-11-7-8-12-2/h11H,3-9H2,1-2H3. The molecule has 1 rings (SSSR count). The first kappa shape index (κ1) is 10.0. The van der Waals surface area contributed by atoms with Crippen LogP contribution in [0.1, 0.15) is 32.6 Å². The van der Waals surface area contributed by atoms with E-state index >= 15 is 0 Å². The Kier molecular flexibility index (Phi) is 4.02. The van der Waals surface area contributed by atoms with Gasteiger partial charge >= 0.3 is 0 Å². The maximum atomic E-state index is 4.97. The highest BCUT2D eigenvalue weighted by Gasteiger charge is 2.40. The molecule has 0 aliphatic heterocycles. The number of ether oxygens (including phenoxy) is 1. The fraction of sp³-hybridized carbons (Fsp3) is 1.00. The van der Waals surface area contributed by atoms with Crippen LogP contribution in [0.15, 0.2) is 0 Å². The molecular weight excluding hydrogens is 150 g/mol. The van der Waals surface area contributed by atoms with E-state index in [-0.39, 0.29) is 0 Å². The monoisotopic (exact) mass is 171 g/mol. The van der Waals surface area contributed by atoms with Gasteiger partial charge in [-0.2, -0.15) is 0 Å². The van der Waals surface area contributed by atoms with Crippen molar-refractivity contribution in [1.82, 2.24) is 5.32 Å². The minimum absolute atomic E-state index is 0.683. The predicted octanol–water partition coefficient (Wildman–Crippen LogP) is 1.80. The lowest BCUT2D eigenvalue weighted by molar-refractivity contribution is 0.196. The van der Waals surface area contributed by atoms with Crippen LogP contribution >= 0.6 is 0 Å². The van der Waals surface area contributed by atoms with Crippen LogP contribution < -0.4 is 5.32 Å². The summed E-state index contributed by atoms with van der Waals surface area (Å²) in [5, 5.41) is 3.45. The third-order valence-corrected chi connectivity index (χ3v) is 2.72. The van der Waals surface area contributed by atoms with E-state index in [2.05, 4.69) is 12.2 Å². The van der Waals surface area contributed by atoms with E-state index in [1.165, 1.54) is 32.2 Å². The molecule has 2 nitrogen and oxygen atoms in total. The maximum Gasteiger partial charge on any atom is 0.0587 e. The van der Waals surface area contributed by atoms with Gasteiger partial charge in [-0.15, -0.1) is 0 Å². The van der Waals surface area contributed by atoms with Gasteiger partial charge in [-0.3, -0.25) is 0 Å². The molecule has 0 spiro atoms. The molecule has 0 bridgehead atoms. The summed E-state index contributed by atoms with van der Waals surface area (Å²) in [7, 11) is 1.75. The zero-order valence-corrected chi connectivity index (χ0v) is 8.36. The Hall–Kier alpha value is -0.0800. The molecular formula is C10H21NO. The molecule has 1 N–H and O–H groups in total. The summed E-state index contributed by atoms with van der Waals surface area (Å²) in [4.78, 5) is 0. The zero-order chi connectivity index (χ0) is 8.86. The van der Waals surface area contributed by atoms with Crippen LogP contribution in [-0.2, 0) is 4.74 Å². The molecule has 1 aliphatic carbocycles. The van der Waals surface area contributed by atoms with Crippen LogP contribution in [0.5, 0.6) is 0 Å². The SMILES string of the molecule is CCCC1(CNCCOC)CC1. The molecule has 12 heavy (non-hydrogen) atoms. The summed E-state index contributed by atoms with van der Waals surface area (Å²) in [6, 6.07) is 0. The van der Waals surface area contributed by atoms with Gasteiger partial charge < -0.3 is 10.1 Å². The molecule has 0 aromatic heterocycles. The van der Waals surface area contributed by atoms with E-state index in [1.807, 2.05) is 0 Å². The van der Waals surface area contributed by atoms with E-state index < -0.39 is 0 Å². The van der Waals surface area contributed by atoms with Gasteiger partial charge in [0.1, 0.15) is 0 Å². The van der Waals surface area contributed by atoms with Gasteiger partial charge in [0.05, 0.1) is 6.61 Å². The van der Waals surface area contributed by atoms with Gasteiger partial charge in [0.15, 0.2) is 0 Å². The Morgan fingerprint density at radius 1 is 1.42 bits per heavy atom. The van der Waals surface area contributed by atoms with Crippen molar-refractivity contribution in [2.45, 2.75) is 32.6 Å². The quantitative estimate of drug-likeness (QED) is 0.590. The Bertz CT molecular complexity index is 121. The molecule has 0 saturated heterocycles. The summed E-state index contributed by atoms with van der Waals surface area (Å²) in [6.45, 7) is 5.31. The summed E-state index contributed by atoms with van der Waals surface area (Å²) in [5.41, 5.74) is 0.683. The number of hydrogen-bond acceptors (Lipinski definition) is 2. The van der Waals surface area contributed by atoms with Crippen LogP contribution in [0.4, 0.5) is 0 Å². The van der Waals surface area contributed by atoms with E-state index in [4.69, 9.17) is 4.74 Å². The molecule has 0 amide bonds. The first-order valence-electron chi connectivity index (χ1n) is 5.03. The van der Waals surface area contributed by atoms with Crippen molar-refractivity contribution in [3.8, 4) is 0 Å². The van der Waals surface area contributed by atoms with Crippen molar-refractivity contribution in [3.05, 3.63) is 0 Å². The molecule has 2 heteroatoms. The molecule has 0 unspecified atom stereocenters. The summed E-state index contributed by atoms with van der Waals surface area (Å²) in [5.74, 6) is 0.